The van der Waals surface area contributed by atoms with E-state index in [1.165, 1.54) is 11.3 Å². The predicted molar refractivity (Wildman–Crippen MR) is 48.8 cm³/mol. The zero-order valence-electron chi connectivity index (χ0n) is 5.79. The highest BCUT2D eigenvalue weighted by atomic mass is 35.5. The molecule has 1 aromatic rings. The van der Waals surface area contributed by atoms with Crippen LogP contribution in [-0.4, -0.2) is 10.5 Å². The largest absolute Gasteiger partial charge is 0.280 e. The van der Waals surface area contributed by atoms with Gasteiger partial charge in [-0.1, -0.05) is 0 Å². The first kappa shape index (κ1) is 9.71. The number of thiophene rings is 1. The summed E-state index contributed by atoms with van der Waals surface area (Å²) in [6, 6.07) is 1.65. The van der Waals surface area contributed by atoms with Crippen LogP contribution in [0, 0.1) is 0 Å². The van der Waals surface area contributed by atoms with E-state index in [2.05, 4.69) is 0 Å². The molecule has 0 saturated carbocycles. The molecule has 0 unspecified atom stereocenters. The van der Waals surface area contributed by atoms with Gasteiger partial charge in [-0.15, -0.1) is 0 Å². The van der Waals surface area contributed by atoms with Crippen LogP contribution in [0.2, 0.25) is 0 Å². The normalized spacial score (nSPS) is 10.2. The average Bonchev–Trinajstić information content (AvgIpc) is 2.37. The lowest BCUT2D eigenvalue weighted by Gasteiger charge is -2.02. The molecule has 0 aromatic carbocycles. The van der Waals surface area contributed by atoms with Crippen molar-refractivity contribution in [3.05, 3.63) is 22.4 Å². The molecule has 0 saturated heterocycles. The monoisotopic (exact) mass is 222 g/mol. The molecule has 0 amide bonds. The fraction of sp³-hybridized carbons (Fsp3) is 0.143. The topological polar surface area (TPSA) is 34.1 Å². The number of hydrogen-bond acceptors (Lipinski definition) is 3. The van der Waals surface area contributed by atoms with Gasteiger partial charge in [-0.05, 0) is 45.6 Å². The fourth-order valence-corrected chi connectivity index (χ4v) is 1.98. The summed E-state index contributed by atoms with van der Waals surface area (Å²) in [6.45, 7) is 0. The van der Waals surface area contributed by atoms with Crippen LogP contribution in [0.3, 0.4) is 0 Å². The van der Waals surface area contributed by atoms with Crippen molar-refractivity contribution in [2.24, 2.45) is 0 Å². The third-order valence-corrected chi connectivity index (χ3v) is 2.47. The minimum atomic E-state index is -1.01. The molecular formula is C7H4Cl2O2S. The number of carbonyl (C=O) groups is 2. The lowest BCUT2D eigenvalue weighted by atomic mass is 10.1. The molecule has 0 N–H and O–H groups in total. The van der Waals surface area contributed by atoms with Gasteiger partial charge in [0.15, 0.2) is 0 Å². The third-order valence-electron chi connectivity index (χ3n) is 1.33. The fourth-order valence-electron chi connectivity index (χ4n) is 0.791. The lowest BCUT2D eigenvalue weighted by Crippen LogP contribution is -2.12. The summed E-state index contributed by atoms with van der Waals surface area (Å²) >= 11 is 11.8. The molecule has 12 heavy (non-hydrogen) atoms. The van der Waals surface area contributed by atoms with Crippen molar-refractivity contribution in [2.75, 3.05) is 0 Å². The van der Waals surface area contributed by atoms with Crippen LogP contribution in [0.1, 0.15) is 11.5 Å². The first-order valence-corrected chi connectivity index (χ1v) is 4.73. The van der Waals surface area contributed by atoms with Gasteiger partial charge in [0.05, 0.1) is 0 Å². The van der Waals surface area contributed by atoms with E-state index in [1.54, 1.807) is 16.8 Å². The van der Waals surface area contributed by atoms with Gasteiger partial charge in [-0.2, -0.15) is 11.3 Å². The molecule has 5 heteroatoms. The van der Waals surface area contributed by atoms with Gasteiger partial charge in [0, 0.05) is 0 Å². The maximum atomic E-state index is 10.7. The Morgan fingerprint density at radius 2 is 1.92 bits per heavy atom. The Morgan fingerprint density at radius 3 is 2.25 bits per heavy atom. The highest BCUT2D eigenvalue weighted by Crippen LogP contribution is 2.23. The summed E-state index contributed by atoms with van der Waals surface area (Å²) in [6.07, 6.45) is 0. The molecular weight excluding hydrogens is 219 g/mol. The molecule has 1 heterocycles. The van der Waals surface area contributed by atoms with E-state index in [0.29, 0.717) is 5.56 Å². The van der Waals surface area contributed by atoms with Crippen molar-refractivity contribution in [1.29, 1.82) is 0 Å². The van der Waals surface area contributed by atoms with Gasteiger partial charge in [-0.3, -0.25) is 9.59 Å². The minimum absolute atomic E-state index is 0.556. The zero-order chi connectivity index (χ0) is 9.14. The second-order valence-corrected chi connectivity index (χ2v) is 3.62. The molecule has 0 spiro atoms. The van der Waals surface area contributed by atoms with Gasteiger partial charge in [0.25, 0.3) is 0 Å². The van der Waals surface area contributed by atoms with Crippen molar-refractivity contribution in [1.82, 2.24) is 0 Å². The van der Waals surface area contributed by atoms with Crippen molar-refractivity contribution >= 4 is 45.0 Å². The highest BCUT2D eigenvalue weighted by molar-refractivity contribution is 7.08. The molecule has 0 aliphatic carbocycles. The molecule has 0 aliphatic rings. The van der Waals surface area contributed by atoms with E-state index in [4.69, 9.17) is 23.2 Å². The summed E-state index contributed by atoms with van der Waals surface area (Å²) in [4.78, 5) is 21.5. The van der Waals surface area contributed by atoms with Gasteiger partial charge in [0.2, 0.25) is 10.5 Å². The van der Waals surface area contributed by atoms with Crippen LogP contribution in [0.4, 0.5) is 0 Å². The number of rotatable bonds is 3. The first-order chi connectivity index (χ1) is 5.63. The highest BCUT2D eigenvalue weighted by Gasteiger charge is 2.25. The van der Waals surface area contributed by atoms with Crippen LogP contribution in [0.5, 0.6) is 0 Å². The third kappa shape index (κ3) is 2.06. The summed E-state index contributed by atoms with van der Waals surface area (Å²) in [5.74, 6) is -1.01. The summed E-state index contributed by atoms with van der Waals surface area (Å²) in [5, 5.41) is 1.94. The molecule has 2 nitrogen and oxygen atoms in total. The average molecular weight is 223 g/mol. The Bertz CT molecular complexity index is 280. The smallest absolute Gasteiger partial charge is 0.237 e. The maximum absolute atomic E-state index is 10.7. The number of hydrogen-bond donors (Lipinski definition) is 0. The standard InChI is InChI=1S/C7H4Cl2O2S/c8-6(10)5(7(9)11)4-1-2-12-3-4/h1-3,5H. The van der Waals surface area contributed by atoms with Gasteiger partial charge >= 0.3 is 0 Å². The van der Waals surface area contributed by atoms with Gasteiger partial charge in [0.1, 0.15) is 5.92 Å². The summed E-state index contributed by atoms with van der Waals surface area (Å²) in [7, 11) is 0. The Hall–Kier alpha value is -0.380. The maximum Gasteiger partial charge on any atom is 0.237 e. The molecule has 0 aliphatic heterocycles. The summed E-state index contributed by atoms with van der Waals surface area (Å²) < 4.78 is 0. The molecule has 1 aromatic heterocycles. The number of halogens is 2. The van der Waals surface area contributed by atoms with Gasteiger partial charge in [-0.25, -0.2) is 0 Å². The van der Waals surface area contributed by atoms with Crippen LogP contribution >= 0.6 is 34.5 Å². The molecule has 64 valence electrons. The molecule has 0 radical (unpaired) electrons. The van der Waals surface area contributed by atoms with E-state index in [1.807, 2.05) is 0 Å². The predicted octanol–water partition coefficient (Wildman–Crippen LogP) is 2.36. The lowest BCUT2D eigenvalue weighted by molar-refractivity contribution is -0.120. The van der Waals surface area contributed by atoms with Crippen LogP contribution in [0.15, 0.2) is 16.8 Å². The van der Waals surface area contributed by atoms with Crippen molar-refractivity contribution in [2.45, 2.75) is 5.92 Å². The van der Waals surface area contributed by atoms with Gasteiger partial charge < -0.3 is 0 Å². The second kappa shape index (κ2) is 4.03. The summed E-state index contributed by atoms with van der Waals surface area (Å²) in [5.41, 5.74) is 0.556. The molecule has 0 atom stereocenters. The minimum Gasteiger partial charge on any atom is -0.280 e. The van der Waals surface area contributed by atoms with Crippen molar-refractivity contribution in [3.8, 4) is 0 Å². The van der Waals surface area contributed by atoms with E-state index < -0.39 is 16.4 Å². The van der Waals surface area contributed by atoms with Crippen molar-refractivity contribution < 1.29 is 9.59 Å². The Morgan fingerprint density at radius 1 is 1.33 bits per heavy atom. The van der Waals surface area contributed by atoms with Crippen LogP contribution in [0.25, 0.3) is 0 Å². The molecule has 0 bridgehead atoms. The Labute approximate surface area is 83.1 Å². The quantitative estimate of drug-likeness (QED) is 0.582. The zero-order valence-corrected chi connectivity index (χ0v) is 8.12. The Balaban J connectivity index is 2.96. The Kier molecular flexibility index (Phi) is 3.26. The van der Waals surface area contributed by atoms with E-state index in [-0.39, 0.29) is 0 Å². The van der Waals surface area contributed by atoms with E-state index in [0.717, 1.165) is 0 Å². The van der Waals surface area contributed by atoms with Crippen LogP contribution < -0.4 is 0 Å². The molecule has 1 rings (SSSR count). The van der Waals surface area contributed by atoms with Crippen molar-refractivity contribution in [3.63, 3.8) is 0 Å². The van der Waals surface area contributed by atoms with Crippen LogP contribution in [-0.2, 0) is 9.59 Å². The first-order valence-electron chi connectivity index (χ1n) is 3.03. The van der Waals surface area contributed by atoms with E-state index >= 15 is 0 Å². The second-order valence-electron chi connectivity index (χ2n) is 2.10. The van der Waals surface area contributed by atoms with E-state index in [9.17, 15) is 9.59 Å². The number of carbonyl (C=O) groups excluding carboxylic acids is 2. The SMILES string of the molecule is O=C(Cl)C(C(=O)Cl)c1ccsc1. The molecule has 0 fully saturated rings.